The summed E-state index contributed by atoms with van der Waals surface area (Å²) in [5.74, 6) is 0.115. The van der Waals surface area contributed by atoms with Crippen LogP contribution in [0.3, 0.4) is 0 Å². The molecule has 1 fully saturated rings. The first-order chi connectivity index (χ1) is 8.79. The Bertz CT molecular complexity index is 573. The Balaban J connectivity index is 1.89. The average molecular weight is 244 g/mol. The van der Waals surface area contributed by atoms with Crippen LogP contribution in [0.2, 0.25) is 0 Å². The van der Waals surface area contributed by atoms with Gasteiger partial charge in [0.15, 0.2) is 0 Å². The topological polar surface area (TPSA) is 61.9 Å². The summed E-state index contributed by atoms with van der Waals surface area (Å²) in [6.45, 7) is 2.93. The van der Waals surface area contributed by atoms with Gasteiger partial charge in [-0.3, -0.25) is 4.79 Å². The lowest BCUT2D eigenvalue weighted by atomic mass is 10.1. The maximum absolute atomic E-state index is 12.4. The third-order valence-electron chi connectivity index (χ3n) is 3.28. The number of nitrogens with zero attached hydrogens (tertiary/aromatic N) is 3. The Labute approximate surface area is 105 Å². The van der Waals surface area contributed by atoms with Crippen LogP contribution in [0.25, 0.3) is 11.0 Å². The van der Waals surface area contributed by atoms with E-state index in [1.807, 2.05) is 23.1 Å². The molecular weight excluding hydrogens is 228 g/mol. The van der Waals surface area contributed by atoms with Crippen molar-refractivity contribution in [1.29, 1.82) is 0 Å². The molecule has 1 heterocycles. The molecule has 0 aliphatic heterocycles. The molecule has 2 aromatic rings. The van der Waals surface area contributed by atoms with Gasteiger partial charge in [-0.1, -0.05) is 6.92 Å². The third-order valence-corrected chi connectivity index (χ3v) is 3.28. The summed E-state index contributed by atoms with van der Waals surface area (Å²) in [6, 6.07) is 5.93. The van der Waals surface area contributed by atoms with Gasteiger partial charge >= 0.3 is 0 Å². The van der Waals surface area contributed by atoms with E-state index in [4.69, 9.17) is 0 Å². The maximum atomic E-state index is 12.4. The van der Waals surface area contributed by atoms with Gasteiger partial charge in [-0.05, 0) is 37.5 Å². The van der Waals surface area contributed by atoms with Crippen molar-refractivity contribution in [2.75, 3.05) is 6.54 Å². The average Bonchev–Trinajstić information content (AvgIpc) is 3.12. The summed E-state index contributed by atoms with van der Waals surface area (Å²) in [7, 11) is 0. The molecule has 1 aliphatic rings. The highest BCUT2D eigenvalue weighted by Gasteiger charge is 2.32. The molecule has 1 N–H and O–H groups in total. The number of fused-ring (bicyclic) bond motifs is 1. The van der Waals surface area contributed by atoms with Gasteiger partial charge in [0.25, 0.3) is 5.91 Å². The molecule has 3 rings (SSSR count). The molecule has 0 radical (unpaired) electrons. The second kappa shape index (κ2) is 4.40. The second-order valence-corrected chi connectivity index (χ2v) is 4.76. The SMILES string of the molecule is CCCN(C(=O)c1ccc2n[nH]nc2c1)C1CC1. The molecule has 0 unspecified atom stereocenters. The van der Waals surface area contributed by atoms with Gasteiger partial charge in [0.1, 0.15) is 11.0 Å². The van der Waals surface area contributed by atoms with Crippen molar-refractivity contribution in [2.45, 2.75) is 32.2 Å². The van der Waals surface area contributed by atoms with Crippen molar-refractivity contribution < 1.29 is 4.79 Å². The summed E-state index contributed by atoms with van der Waals surface area (Å²) < 4.78 is 0. The van der Waals surface area contributed by atoms with Crippen molar-refractivity contribution >= 4 is 16.9 Å². The van der Waals surface area contributed by atoms with E-state index < -0.39 is 0 Å². The van der Waals surface area contributed by atoms with E-state index in [1.54, 1.807) is 0 Å². The van der Waals surface area contributed by atoms with Gasteiger partial charge in [0.05, 0.1) is 0 Å². The van der Waals surface area contributed by atoms with Crippen LogP contribution in [0, 0.1) is 0 Å². The Hall–Kier alpha value is -1.91. The zero-order valence-electron chi connectivity index (χ0n) is 10.4. The summed E-state index contributed by atoms with van der Waals surface area (Å²) in [4.78, 5) is 14.4. The quantitative estimate of drug-likeness (QED) is 0.894. The molecule has 0 saturated heterocycles. The molecule has 18 heavy (non-hydrogen) atoms. The van der Waals surface area contributed by atoms with E-state index in [0.29, 0.717) is 11.6 Å². The van der Waals surface area contributed by atoms with Crippen LogP contribution in [-0.2, 0) is 0 Å². The molecule has 0 bridgehead atoms. The highest BCUT2D eigenvalue weighted by molar-refractivity contribution is 5.97. The van der Waals surface area contributed by atoms with Gasteiger partial charge in [-0.2, -0.15) is 15.4 Å². The van der Waals surface area contributed by atoms with Crippen LogP contribution >= 0.6 is 0 Å². The second-order valence-electron chi connectivity index (χ2n) is 4.76. The van der Waals surface area contributed by atoms with Crippen molar-refractivity contribution in [2.24, 2.45) is 0 Å². The monoisotopic (exact) mass is 244 g/mol. The highest BCUT2D eigenvalue weighted by Crippen LogP contribution is 2.28. The highest BCUT2D eigenvalue weighted by atomic mass is 16.2. The number of aromatic nitrogens is 3. The fourth-order valence-corrected chi connectivity index (χ4v) is 2.22. The van der Waals surface area contributed by atoms with E-state index in [9.17, 15) is 4.79 Å². The van der Waals surface area contributed by atoms with E-state index in [2.05, 4.69) is 22.3 Å². The number of carbonyl (C=O) groups is 1. The largest absolute Gasteiger partial charge is 0.336 e. The first-order valence-electron chi connectivity index (χ1n) is 6.41. The minimum Gasteiger partial charge on any atom is -0.336 e. The van der Waals surface area contributed by atoms with Crippen molar-refractivity contribution in [3.8, 4) is 0 Å². The van der Waals surface area contributed by atoms with Gasteiger partial charge < -0.3 is 4.90 Å². The number of benzene rings is 1. The van der Waals surface area contributed by atoms with Crippen LogP contribution in [0.5, 0.6) is 0 Å². The molecule has 1 saturated carbocycles. The fraction of sp³-hybridized carbons (Fsp3) is 0.462. The summed E-state index contributed by atoms with van der Waals surface area (Å²) in [5.41, 5.74) is 2.24. The Morgan fingerprint density at radius 3 is 2.89 bits per heavy atom. The number of hydrogen-bond acceptors (Lipinski definition) is 3. The summed E-state index contributed by atoms with van der Waals surface area (Å²) in [5, 5.41) is 10.6. The van der Waals surface area contributed by atoms with Crippen LogP contribution in [0.4, 0.5) is 0 Å². The molecule has 5 nitrogen and oxygen atoms in total. The van der Waals surface area contributed by atoms with Gasteiger partial charge in [0, 0.05) is 18.2 Å². The lowest BCUT2D eigenvalue weighted by molar-refractivity contribution is 0.0743. The normalized spacial score (nSPS) is 14.9. The van der Waals surface area contributed by atoms with Gasteiger partial charge in [-0.25, -0.2) is 0 Å². The van der Waals surface area contributed by atoms with Crippen molar-refractivity contribution in [1.82, 2.24) is 20.3 Å². The first-order valence-corrected chi connectivity index (χ1v) is 6.41. The van der Waals surface area contributed by atoms with E-state index in [0.717, 1.165) is 36.8 Å². The molecule has 1 amide bonds. The van der Waals surface area contributed by atoms with Crippen LogP contribution in [0.15, 0.2) is 18.2 Å². The lowest BCUT2D eigenvalue weighted by Crippen LogP contribution is -2.33. The smallest absolute Gasteiger partial charge is 0.254 e. The minimum absolute atomic E-state index is 0.115. The molecule has 0 spiro atoms. The van der Waals surface area contributed by atoms with E-state index in [1.165, 1.54) is 0 Å². The Morgan fingerprint density at radius 1 is 1.39 bits per heavy atom. The zero-order valence-corrected chi connectivity index (χ0v) is 10.4. The molecule has 1 aliphatic carbocycles. The van der Waals surface area contributed by atoms with Gasteiger partial charge in [0.2, 0.25) is 0 Å². The van der Waals surface area contributed by atoms with Crippen molar-refractivity contribution in [3.05, 3.63) is 23.8 Å². The number of H-pyrrole nitrogens is 1. The fourth-order valence-electron chi connectivity index (χ4n) is 2.22. The molecule has 94 valence electrons. The number of aromatic amines is 1. The zero-order chi connectivity index (χ0) is 12.5. The molecular formula is C13H16N4O. The number of hydrogen-bond donors (Lipinski definition) is 1. The third kappa shape index (κ3) is 1.96. The number of nitrogens with one attached hydrogen (secondary N) is 1. The number of carbonyl (C=O) groups excluding carboxylic acids is 1. The summed E-state index contributed by atoms with van der Waals surface area (Å²) in [6.07, 6.45) is 3.27. The molecule has 1 aromatic carbocycles. The van der Waals surface area contributed by atoms with Crippen LogP contribution < -0.4 is 0 Å². The minimum atomic E-state index is 0.115. The molecule has 5 heteroatoms. The lowest BCUT2D eigenvalue weighted by Gasteiger charge is -2.21. The molecule has 1 aromatic heterocycles. The van der Waals surface area contributed by atoms with Gasteiger partial charge in [-0.15, -0.1) is 0 Å². The van der Waals surface area contributed by atoms with E-state index in [-0.39, 0.29) is 5.91 Å². The Kier molecular flexibility index (Phi) is 2.74. The number of rotatable bonds is 4. The predicted octanol–water partition coefficient (Wildman–Crippen LogP) is 1.97. The number of amides is 1. The Morgan fingerprint density at radius 2 is 2.17 bits per heavy atom. The predicted molar refractivity (Wildman–Crippen MR) is 68.2 cm³/mol. The van der Waals surface area contributed by atoms with Crippen LogP contribution in [0.1, 0.15) is 36.5 Å². The first kappa shape index (κ1) is 11.2. The van der Waals surface area contributed by atoms with Crippen molar-refractivity contribution in [3.63, 3.8) is 0 Å². The maximum Gasteiger partial charge on any atom is 0.254 e. The standard InChI is InChI=1S/C13H16N4O/c1-2-7-17(10-4-5-10)13(18)9-3-6-11-12(8-9)15-16-14-11/h3,6,8,10H,2,4-5,7H2,1H3,(H,14,15,16). The summed E-state index contributed by atoms with van der Waals surface area (Å²) >= 11 is 0. The van der Waals surface area contributed by atoms with E-state index >= 15 is 0 Å². The van der Waals surface area contributed by atoms with Crippen LogP contribution in [-0.4, -0.2) is 38.8 Å². The molecule has 0 atom stereocenters.